The van der Waals surface area contributed by atoms with Crippen LogP contribution < -0.4 is 10.9 Å². The zero-order chi connectivity index (χ0) is 14.4. The van der Waals surface area contributed by atoms with E-state index in [1.165, 1.54) is 6.07 Å². The molecule has 2 aromatic rings. The summed E-state index contributed by atoms with van der Waals surface area (Å²) in [4.78, 5) is 25.4. The van der Waals surface area contributed by atoms with Gasteiger partial charge in [-0.25, -0.2) is 4.79 Å². The van der Waals surface area contributed by atoms with E-state index in [0.29, 0.717) is 0 Å². The van der Waals surface area contributed by atoms with Gasteiger partial charge in [0.15, 0.2) is 0 Å². The number of aromatic amines is 1. The fourth-order valence-corrected chi connectivity index (χ4v) is 1.76. The molecule has 0 spiro atoms. The molecule has 1 atom stereocenters. The largest absolute Gasteiger partial charge is 0.445 e. The number of alkyl carbamates (subject to hydrolysis) is 1. The van der Waals surface area contributed by atoms with Crippen molar-refractivity contribution in [3.05, 3.63) is 70.1 Å². The number of hydrogen-bond donors (Lipinski definition) is 2. The van der Waals surface area contributed by atoms with Crippen LogP contribution in [0, 0.1) is 0 Å². The van der Waals surface area contributed by atoms with E-state index in [0.717, 1.165) is 11.1 Å². The maximum atomic E-state index is 11.7. The minimum absolute atomic E-state index is 0.200. The summed E-state index contributed by atoms with van der Waals surface area (Å²) in [5.74, 6) is 0. The second-order valence-corrected chi connectivity index (χ2v) is 4.41. The maximum Gasteiger partial charge on any atom is 0.407 e. The minimum Gasteiger partial charge on any atom is -0.445 e. The number of carbonyl (C=O) groups is 1. The van der Waals surface area contributed by atoms with E-state index < -0.39 is 6.09 Å². The van der Waals surface area contributed by atoms with Gasteiger partial charge in [-0.15, -0.1) is 0 Å². The predicted molar refractivity (Wildman–Crippen MR) is 75.2 cm³/mol. The van der Waals surface area contributed by atoms with Crippen molar-refractivity contribution in [3.63, 3.8) is 0 Å². The standard InChI is InChI=1S/C15H16N2O3/c1-11(13-7-8-16-14(18)9-13)17-15(19)20-10-12-5-3-2-4-6-12/h2-9,11H,10H2,1H3,(H,16,18)(H,17,19). The van der Waals surface area contributed by atoms with Gasteiger partial charge in [0, 0.05) is 12.3 Å². The van der Waals surface area contributed by atoms with Crippen molar-refractivity contribution >= 4 is 6.09 Å². The van der Waals surface area contributed by atoms with Gasteiger partial charge in [-0.3, -0.25) is 4.79 Å². The first kappa shape index (κ1) is 13.9. The van der Waals surface area contributed by atoms with Gasteiger partial charge in [0.05, 0.1) is 6.04 Å². The lowest BCUT2D eigenvalue weighted by Gasteiger charge is -2.14. The summed E-state index contributed by atoms with van der Waals surface area (Å²) >= 11 is 0. The second-order valence-electron chi connectivity index (χ2n) is 4.41. The molecule has 1 unspecified atom stereocenters. The molecule has 2 N–H and O–H groups in total. The van der Waals surface area contributed by atoms with E-state index in [-0.39, 0.29) is 18.2 Å². The summed E-state index contributed by atoms with van der Waals surface area (Å²) in [6, 6.07) is 12.3. The summed E-state index contributed by atoms with van der Waals surface area (Å²) in [5, 5.41) is 2.68. The molecule has 1 heterocycles. The first-order chi connectivity index (χ1) is 9.65. The number of nitrogens with one attached hydrogen (secondary N) is 2. The molecule has 20 heavy (non-hydrogen) atoms. The fraction of sp³-hybridized carbons (Fsp3) is 0.200. The minimum atomic E-state index is -0.512. The Labute approximate surface area is 116 Å². The number of hydrogen-bond acceptors (Lipinski definition) is 3. The lowest BCUT2D eigenvalue weighted by molar-refractivity contribution is 0.136. The number of amides is 1. The highest BCUT2D eigenvalue weighted by molar-refractivity contribution is 5.67. The van der Waals surface area contributed by atoms with E-state index in [2.05, 4.69) is 10.3 Å². The Morgan fingerprint density at radius 2 is 2.05 bits per heavy atom. The molecule has 1 aromatic heterocycles. The van der Waals surface area contributed by atoms with Crippen LogP contribution in [0.4, 0.5) is 4.79 Å². The molecule has 1 aromatic carbocycles. The van der Waals surface area contributed by atoms with Gasteiger partial charge in [0.25, 0.3) is 0 Å². The molecule has 0 aliphatic heterocycles. The van der Waals surface area contributed by atoms with E-state index in [9.17, 15) is 9.59 Å². The van der Waals surface area contributed by atoms with Crippen LogP contribution in [0.3, 0.4) is 0 Å². The number of ether oxygens (including phenoxy) is 1. The molecule has 2 rings (SSSR count). The van der Waals surface area contributed by atoms with Crippen LogP contribution >= 0.6 is 0 Å². The molecule has 0 bridgehead atoms. The number of benzene rings is 1. The summed E-state index contributed by atoms with van der Waals surface area (Å²) in [7, 11) is 0. The quantitative estimate of drug-likeness (QED) is 0.897. The predicted octanol–water partition coefficient (Wildman–Crippen LogP) is 2.36. The Bertz CT molecular complexity index is 622. The summed E-state index contributed by atoms with van der Waals surface area (Å²) in [5.41, 5.74) is 1.45. The molecule has 1 amide bonds. The number of rotatable bonds is 4. The molecule has 104 valence electrons. The lowest BCUT2D eigenvalue weighted by atomic mass is 10.1. The van der Waals surface area contributed by atoms with Crippen LogP contribution in [-0.2, 0) is 11.3 Å². The first-order valence-corrected chi connectivity index (χ1v) is 6.31. The van der Waals surface area contributed by atoms with E-state index >= 15 is 0 Å². The van der Waals surface area contributed by atoms with Crippen LogP contribution in [0.2, 0.25) is 0 Å². The monoisotopic (exact) mass is 272 g/mol. The van der Waals surface area contributed by atoms with Gasteiger partial charge in [0.2, 0.25) is 5.56 Å². The van der Waals surface area contributed by atoms with Crippen LogP contribution in [0.1, 0.15) is 24.1 Å². The van der Waals surface area contributed by atoms with Crippen molar-refractivity contribution in [1.82, 2.24) is 10.3 Å². The molecule has 0 saturated carbocycles. The molecule has 0 fully saturated rings. The topological polar surface area (TPSA) is 71.2 Å². The third-order valence-corrected chi connectivity index (χ3v) is 2.85. The highest BCUT2D eigenvalue weighted by atomic mass is 16.5. The fourth-order valence-electron chi connectivity index (χ4n) is 1.76. The van der Waals surface area contributed by atoms with Crippen LogP contribution in [0.15, 0.2) is 53.5 Å². The Hall–Kier alpha value is -2.56. The Morgan fingerprint density at radius 3 is 2.75 bits per heavy atom. The second kappa shape index (κ2) is 6.56. The van der Waals surface area contributed by atoms with Crippen molar-refractivity contribution in [2.24, 2.45) is 0 Å². The number of carbonyl (C=O) groups excluding carboxylic acids is 1. The zero-order valence-corrected chi connectivity index (χ0v) is 11.1. The van der Waals surface area contributed by atoms with Crippen LogP contribution in [0.5, 0.6) is 0 Å². The van der Waals surface area contributed by atoms with Crippen LogP contribution in [-0.4, -0.2) is 11.1 Å². The van der Waals surface area contributed by atoms with Gasteiger partial charge in [-0.1, -0.05) is 30.3 Å². The lowest BCUT2D eigenvalue weighted by Crippen LogP contribution is -2.27. The Morgan fingerprint density at radius 1 is 1.30 bits per heavy atom. The summed E-state index contributed by atoms with van der Waals surface area (Å²) in [6.45, 7) is 2.01. The highest BCUT2D eigenvalue weighted by Gasteiger charge is 2.10. The van der Waals surface area contributed by atoms with E-state index in [1.54, 1.807) is 19.2 Å². The van der Waals surface area contributed by atoms with Gasteiger partial charge in [0.1, 0.15) is 6.61 Å². The van der Waals surface area contributed by atoms with Gasteiger partial charge in [-0.2, -0.15) is 0 Å². The van der Waals surface area contributed by atoms with Crippen molar-refractivity contribution in [2.45, 2.75) is 19.6 Å². The van der Waals surface area contributed by atoms with Crippen LogP contribution in [0.25, 0.3) is 0 Å². The first-order valence-electron chi connectivity index (χ1n) is 6.31. The number of aromatic nitrogens is 1. The Balaban J connectivity index is 1.87. The SMILES string of the molecule is CC(NC(=O)OCc1ccccc1)c1cc[nH]c(=O)c1. The molecule has 0 aliphatic rings. The van der Waals surface area contributed by atoms with Crippen molar-refractivity contribution < 1.29 is 9.53 Å². The third kappa shape index (κ3) is 3.98. The van der Waals surface area contributed by atoms with Gasteiger partial charge >= 0.3 is 6.09 Å². The molecule has 0 saturated heterocycles. The molecule has 5 heteroatoms. The summed E-state index contributed by atoms with van der Waals surface area (Å²) in [6.07, 6.45) is 1.03. The van der Waals surface area contributed by atoms with Crippen molar-refractivity contribution in [3.8, 4) is 0 Å². The molecular weight excluding hydrogens is 256 g/mol. The zero-order valence-electron chi connectivity index (χ0n) is 11.1. The molecular formula is C15H16N2O3. The van der Waals surface area contributed by atoms with Gasteiger partial charge < -0.3 is 15.0 Å². The highest BCUT2D eigenvalue weighted by Crippen LogP contribution is 2.09. The Kier molecular flexibility index (Phi) is 4.55. The van der Waals surface area contributed by atoms with E-state index in [4.69, 9.17) is 4.74 Å². The van der Waals surface area contributed by atoms with E-state index in [1.807, 2.05) is 30.3 Å². The molecule has 0 radical (unpaired) electrons. The average Bonchev–Trinajstić information content (AvgIpc) is 2.46. The third-order valence-electron chi connectivity index (χ3n) is 2.85. The normalized spacial score (nSPS) is 11.7. The average molecular weight is 272 g/mol. The molecule has 0 aliphatic carbocycles. The van der Waals surface area contributed by atoms with Gasteiger partial charge in [-0.05, 0) is 24.1 Å². The molecule has 5 nitrogen and oxygen atoms in total. The number of H-pyrrole nitrogens is 1. The number of pyridine rings is 1. The maximum absolute atomic E-state index is 11.7. The summed E-state index contributed by atoms with van der Waals surface area (Å²) < 4.78 is 5.11. The van der Waals surface area contributed by atoms with Crippen molar-refractivity contribution in [1.29, 1.82) is 0 Å². The smallest absolute Gasteiger partial charge is 0.407 e. The van der Waals surface area contributed by atoms with Crippen molar-refractivity contribution in [2.75, 3.05) is 0 Å².